The van der Waals surface area contributed by atoms with Crippen LogP contribution in [0.5, 0.6) is 0 Å². The predicted octanol–water partition coefficient (Wildman–Crippen LogP) is 3.97. The molecule has 0 aromatic heterocycles. The molecule has 0 saturated heterocycles. The first kappa shape index (κ1) is 11.2. The lowest BCUT2D eigenvalue weighted by Gasteiger charge is -1.90. The van der Waals surface area contributed by atoms with Gasteiger partial charge in [-0.05, 0) is 11.8 Å². The topological polar surface area (TPSA) is 0 Å². The molecule has 0 aromatic rings. The molecule has 0 atom stereocenters. The Labute approximate surface area is 76.7 Å². The van der Waals surface area contributed by atoms with Crippen LogP contribution in [0.4, 0.5) is 0 Å². The smallest absolute Gasteiger partial charge is 0.0287 e. The van der Waals surface area contributed by atoms with Gasteiger partial charge in [-0.3, -0.25) is 0 Å². The summed E-state index contributed by atoms with van der Waals surface area (Å²) in [6, 6.07) is 0. The maximum atomic E-state index is 2.18. The van der Waals surface area contributed by atoms with Gasteiger partial charge in [-0.2, -0.15) is 0 Å². The van der Waals surface area contributed by atoms with E-state index < -0.39 is 0 Å². The second-order valence-corrected chi connectivity index (χ2v) is 3.64. The highest BCUT2D eigenvalue weighted by Crippen LogP contribution is 1.95. The Balaban J connectivity index is 3.63. The van der Waals surface area contributed by atoms with Crippen LogP contribution in [0.3, 0.4) is 0 Å². The maximum absolute atomic E-state index is 2.18. The van der Waals surface area contributed by atoms with Crippen molar-refractivity contribution in [3.63, 3.8) is 0 Å². The van der Waals surface area contributed by atoms with Gasteiger partial charge >= 0.3 is 0 Å². The maximum Gasteiger partial charge on any atom is -0.0287 e. The van der Waals surface area contributed by atoms with Crippen LogP contribution in [-0.4, -0.2) is 0 Å². The molecule has 12 heavy (non-hydrogen) atoms. The predicted molar refractivity (Wildman–Crippen MR) is 57.1 cm³/mol. The van der Waals surface area contributed by atoms with Crippen molar-refractivity contribution in [3.8, 4) is 0 Å². The van der Waals surface area contributed by atoms with Gasteiger partial charge in [-0.25, -0.2) is 0 Å². The first-order valence-corrected chi connectivity index (χ1v) is 4.64. The molecular formula is C12H20. The largest absolute Gasteiger partial charge is 0.0820 e. The number of hydrogen-bond donors (Lipinski definition) is 0. The summed E-state index contributed by atoms with van der Waals surface area (Å²) in [7, 11) is 0. The zero-order valence-electron chi connectivity index (χ0n) is 8.62. The van der Waals surface area contributed by atoms with Gasteiger partial charge in [-0.15, -0.1) is 0 Å². The van der Waals surface area contributed by atoms with Crippen LogP contribution in [0.1, 0.15) is 27.7 Å². The van der Waals surface area contributed by atoms with E-state index in [9.17, 15) is 0 Å². The van der Waals surface area contributed by atoms with Crippen molar-refractivity contribution < 1.29 is 0 Å². The van der Waals surface area contributed by atoms with Crippen LogP contribution < -0.4 is 0 Å². The van der Waals surface area contributed by atoms with Gasteiger partial charge in [0.25, 0.3) is 0 Å². The highest BCUT2D eigenvalue weighted by Gasteiger charge is 1.80. The Kier molecular flexibility index (Phi) is 6.45. The lowest BCUT2D eigenvalue weighted by Crippen LogP contribution is -1.75. The molecule has 0 unspecified atom stereocenters. The van der Waals surface area contributed by atoms with E-state index in [1.807, 2.05) is 0 Å². The molecule has 0 saturated carbocycles. The molecule has 0 aliphatic heterocycles. The van der Waals surface area contributed by atoms with Crippen molar-refractivity contribution in [2.75, 3.05) is 0 Å². The van der Waals surface area contributed by atoms with E-state index in [0.717, 1.165) is 0 Å². The fourth-order valence-electron chi connectivity index (χ4n) is 0.701. The summed E-state index contributed by atoms with van der Waals surface area (Å²) in [6.07, 6.45) is 12.7. The highest BCUT2D eigenvalue weighted by atomic mass is 13.9. The fraction of sp³-hybridized carbons (Fsp3) is 0.500. The molecule has 0 bridgehead atoms. The molecule has 0 rings (SSSR count). The molecule has 0 aliphatic carbocycles. The molecule has 0 fully saturated rings. The summed E-state index contributed by atoms with van der Waals surface area (Å²) in [5.74, 6) is 1.28. The third kappa shape index (κ3) is 9.22. The van der Waals surface area contributed by atoms with E-state index in [0.29, 0.717) is 11.8 Å². The average molecular weight is 164 g/mol. The van der Waals surface area contributed by atoms with Gasteiger partial charge < -0.3 is 0 Å². The van der Waals surface area contributed by atoms with E-state index in [2.05, 4.69) is 64.2 Å². The lowest BCUT2D eigenvalue weighted by molar-refractivity contribution is 0.831. The molecule has 0 aliphatic rings. The Morgan fingerprint density at radius 2 is 0.917 bits per heavy atom. The number of allylic oxidation sites excluding steroid dienone is 6. The van der Waals surface area contributed by atoms with Crippen LogP contribution >= 0.6 is 0 Å². The first-order valence-electron chi connectivity index (χ1n) is 4.64. The van der Waals surface area contributed by atoms with E-state index in [4.69, 9.17) is 0 Å². The molecule has 0 N–H and O–H groups in total. The van der Waals surface area contributed by atoms with Crippen molar-refractivity contribution in [1.29, 1.82) is 0 Å². The summed E-state index contributed by atoms with van der Waals surface area (Å²) in [5.41, 5.74) is 0. The van der Waals surface area contributed by atoms with Crippen molar-refractivity contribution in [2.24, 2.45) is 11.8 Å². The van der Waals surface area contributed by atoms with Gasteiger partial charge in [0.15, 0.2) is 0 Å². The summed E-state index contributed by atoms with van der Waals surface area (Å²) < 4.78 is 0. The van der Waals surface area contributed by atoms with Crippen LogP contribution in [0.15, 0.2) is 36.5 Å². The molecule has 0 radical (unpaired) electrons. The summed E-state index contributed by atoms with van der Waals surface area (Å²) in [4.78, 5) is 0. The SMILES string of the molecule is CC(C)/C=C/C=C/C=C/C(C)C. The van der Waals surface area contributed by atoms with E-state index in [1.54, 1.807) is 0 Å². The molecule has 0 heteroatoms. The molecule has 0 spiro atoms. The second-order valence-electron chi connectivity index (χ2n) is 3.64. The summed E-state index contributed by atoms with van der Waals surface area (Å²) >= 11 is 0. The quantitative estimate of drug-likeness (QED) is 0.551. The lowest BCUT2D eigenvalue weighted by atomic mass is 10.2. The van der Waals surface area contributed by atoms with Gasteiger partial charge in [0.2, 0.25) is 0 Å². The normalized spacial score (nSPS) is 13.5. The van der Waals surface area contributed by atoms with Gasteiger partial charge in [-0.1, -0.05) is 64.2 Å². The Morgan fingerprint density at radius 1 is 0.583 bits per heavy atom. The third-order valence-corrected chi connectivity index (χ3v) is 1.33. The van der Waals surface area contributed by atoms with Crippen LogP contribution in [-0.2, 0) is 0 Å². The first-order chi connectivity index (χ1) is 5.63. The average Bonchev–Trinajstić information content (AvgIpc) is 1.95. The minimum Gasteiger partial charge on any atom is -0.0820 e. The molecule has 0 aromatic carbocycles. The Bertz CT molecular complexity index is 148. The highest BCUT2D eigenvalue weighted by molar-refractivity contribution is 5.11. The van der Waals surface area contributed by atoms with Crippen molar-refractivity contribution in [2.45, 2.75) is 27.7 Å². The van der Waals surface area contributed by atoms with Gasteiger partial charge in [0.05, 0.1) is 0 Å². The minimum absolute atomic E-state index is 0.642. The van der Waals surface area contributed by atoms with E-state index in [1.165, 1.54) is 0 Å². The number of rotatable bonds is 4. The molecule has 0 amide bonds. The van der Waals surface area contributed by atoms with E-state index in [-0.39, 0.29) is 0 Å². The zero-order chi connectivity index (χ0) is 9.40. The standard InChI is InChI=1S/C12H20/c1-11(2)9-7-5-6-8-10-12(3)4/h5-12H,1-4H3/b6-5+,9-7+,10-8+. The van der Waals surface area contributed by atoms with Gasteiger partial charge in [0, 0.05) is 0 Å². The van der Waals surface area contributed by atoms with E-state index >= 15 is 0 Å². The second kappa shape index (κ2) is 6.90. The molecule has 68 valence electrons. The van der Waals surface area contributed by atoms with Crippen molar-refractivity contribution >= 4 is 0 Å². The Hall–Kier alpha value is -0.780. The van der Waals surface area contributed by atoms with Crippen molar-refractivity contribution in [1.82, 2.24) is 0 Å². The molecular weight excluding hydrogens is 144 g/mol. The third-order valence-electron chi connectivity index (χ3n) is 1.33. The van der Waals surface area contributed by atoms with Gasteiger partial charge in [0.1, 0.15) is 0 Å². The monoisotopic (exact) mass is 164 g/mol. The molecule has 0 heterocycles. The number of hydrogen-bond acceptors (Lipinski definition) is 0. The molecule has 0 nitrogen and oxygen atoms in total. The minimum atomic E-state index is 0.642. The Morgan fingerprint density at radius 3 is 1.17 bits per heavy atom. The van der Waals surface area contributed by atoms with Crippen LogP contribution in [0, 0.1) is 11.8 Å². The van der Waals surface area contributed by atoms with Crippen molar-refractivity contribution in [3.05, 3.63) is 36.5 Å². The van der Waals surface area contributed by atoms with Crippen LogP contribution in [0.25, 0.3) is 0 Å². The van der Waals surface area contributed by atoms with Crippen LogP contribution in [0.2, 0.25) is 0 Å². The summed E-state index contributed by atoms with van der Waals surface area (Å²) in [6.45, 7) is 8.70. The fourth-order valence-corrected chi connectivity index (χ4v) is 0.701. The zero-order valence-corrected chi connectivity index (χ0v) is 8.62. The summed E-state index contributed by atoms with van der Waals surface area (Å²) in [5, 5.41) is 0.